The second kappa shape index (κ2) is 41.8. The first-order valence-electron chi connectivity index (χ1n) is 24.1. The first-order chi connectivity index (χ1) is 34.6. The zero-order chi connectivity index (χ0) is 50.0. The van der Waals surface area contributed by atoms with Crippen LogP contribution in [-0.2, 0) is 53.9 Å². The van der Waals surface area contributed by atoms with Gasteiger partial charge in [0.15, 0.2) is 0 Å². The topological polar surface area (TPSA) is 271 Å². The fourth-order valence-corrected chi connectivity index (χ4v) is 6.63. The molecule has 23 heteroatoms. The molecule has 1 aromatic carbocycles. The van der Waals surface area contributed by atoms with E-state index in [1.807, 2.05) is 57.2 Å². The van der Waals surface area contributed by atoms with Gasteiger partial charge >= 0.3 is 0 Å². The zero-order valence-corrected chi connectivity index (χ0v) is 40.8. The van der Waals surface area contributed by atoms with Crippen molar-refractivity contribution >= 4 is 17.8 Å². The third-order valence-electron chi connectivity index (χ3n) is 9.98. The normalized spacial score (nSPS) is 14.4. The third kappa shape index (κ3) is 27.2. The van der Waals surface area contributed by atoms with Crippen molar-refractivity contribution in [1.29, 1.82) is 0 Å². The molecule has 0 saturated carbocycles. The lowest BCUT2D eigenvalue weighted by Gasteiger charge is -2.33. The molecule has 2 atom stereocenters. The molecule has 0 aliphatic heterocycles. The van der Waals surface area contributed by atoms with E-state index in [-0.39, 0.29) is 131 Å². The summed E-state index contributed by atoms with van der Waals surface area (Å²) in [6.45, 7) is 6.69. The van der Waals surface area contributed by atoms with Gasteiger partial charge in [-0.05, 0) is 6.07 Å². The number of para-hydroxylation sites is 1. The van der Waals surface area contributed by atoms with Gasteiger partial charge in [-0.2, -0.15) is 15.0 Å². The van der Waals surface area contributed by atoms with E-state index in [9.17, 15) is 25.5 Å². The Hall–Kier alpha value is -3.73. The van der Waals surface area contributed by atoms with Crippen molar-refractivity contribution in [3.63, 3.8) is 0 Å². The summed E-state index contributed by atoms with van der Waals surface area (Å²) >= 11 is 0. The quantitative estimate of drug-likeness (QED) is 0.0439. The van der Waals surface area contributed by atoms with Crippen LogP contribution >= 0.6 is 0 Å². The molecular formula is C47H80N6O17. The predicted molar refractivity (Wildman–Crippen MR) is 259 cm³/mol. The minimum Gasteiger partial charge on any atom is -0.491 e. The lowest BCUT2D eigenvalue weighted by molar-refractivity contribution is 0.00111. The highest BCUT2D eigenvalue weighted by Gasteiger charge is 2.27. The number of aromatic nitrogens is 3. The van der Waals surface area contributed by atoms with Crippen LogP contribution in [0.1, 0.15) is 5.56 Å². The van der Waals surface area contributed by atoms with Crippen LogP contribution in [0.2, 0.25) is 0 Å². The Labute approximate surface area is 412 Å². The SMILES string of the molecule is OCCOCCOCCN(CCOCCO)c1nc(N(CCOCCOCCO)Cc2ccccc2OCCOCCO)nc(N(CCOCCOCCO)CC2C=CC=CC2OCCOCCO)n1. The highest BCUT2D eigenvalue weighted by molar-refractivity contribution is 5.48. The highest BCUT2D eigenvalue weighted by atomic mass is 16.6. The molecule has 23 nitrogen and oxygen atoms in total. The van der Waals surface area contributed by atoms with Crippen molar-refractivity contribution in [3.05, 3.63) is 54.1 Å². The summed E-state index contributed by atoms with van der Waals surface area (Å²) in [6.07, 6.45) is 7.66. The number of hydrogen-bond donors (Lipinski definition) is 6. The average Bonchev–Trinajstić information content (AvgIpc) is 3.38. The number of benzene rings is 1. The summed E-state index contributed by atoms with van der Waals surface area (Å²) in [7, 11) is 0. The van der Waals surface area contributed by atoms with Crippen LogP contribution in [0.25, 0.3) is 0 Å². The molecule has 2 aromatic rings. The van der Waals surface area contributed by atoms with Gasteiger partial charge in [0.25, 0.3) is 0 Å². The van der Waals surface area contributed by atoms with E-state index in [4.69, 9.17) is 72.2 Å². The molecule has 6 N–H and O–H groups in total. The summed E-state index contributed by atoms with van der Waals surface area (Å²) in [5.41, 5.74) is 0.835. The van der Waals surface area contributed by atoms with Gasteiger partial charge in [0.05, 0.1) is 171 Å². The molecule has 1 aliphatic carbocycles. The minimum absolute atomic E-state index is 0.0810. The van der Waals surface area contributed by atoms with Crippen LogP contribution in [-0.4, -0.2) is 256 Å². The minimum atomic E-state index is -0.321. The van der Waals surface area contributed by atoms with Crippen LogP contribution < -0.4 is 19.4 Å². The van der Waals surface area contributed by atoms with Crippen molar-refractivity contribution in [2.45, 2.75) is 12.6 Å². The predicted octanol–water partition coefficient (Wildman–Crippen LogP) is -0.900. The number of aliphatic hydroxyl groups is 6. The van der Waals surface area contributed by atoms with Gasteiger partial charge in [-0.15, -0.1) is 0 Å². The Balaban J connectivity index is 2.13. The molecular weight excluding hydrogens is 921 g/mol. The summed E-state index contributed by atoms with van der Waals surface area (Å²) in [6, 6.07) is 7.64. The van der Waals surface area contributed by atoms with Gasteiger partial charge in [-0.3, -0.25) is 0 Å². The Morgan fingerprint density at radius 2 is 0.786 bits per heavy atom. The molecule has 3 rings (SSSR count). The molecule has 0 saturated heterocycles. The third-order valence-corrected chi connectivity index (χ3v) is 9.98. The van der Waals surface area contributed by atoms with Crippen LogP contribution in [0, 0.1) is 5.92 Å². The second-order valence-corrected chi connectivity index (χ2v) is 15.2. The van der Waals surface area contributed by atoms with Gasteiger partial charge in [0, 0.05) is 50.7 Å². The fraction of sp³-hybridized carbons (Fsp3) is 0.723. The summed E-state index contributed by atoms with van der Waals surface area (Å²) in [4.78, 5) is 21.4. The monoisotopic (exact) mass is 1000 g/mol. The van der Waals surface area contributed by atoms with E-state index < -0.39 is 0 Å². The molecule has 0 amide bonds. The van der Waals surface area contributed by atoms with E-state index in [1.165, 1.54) is 0 Å². The number of anilines is 3. The molecule has 0 fully saturated rings. The van der Waals surface area contributed by atoms with Crippen LogP contribution in [0.4, 0.5) is 17.8 Å². The van der Waals surface area contributed by atoms with Gasteiger partial charge in [-0.1, -0.05) is 42.5 Å². The lowest BCUT2D eigenvalue weighted by atomic mass is 9.97. The molecule has 1 aromatic heterocycles. The fourth-order valence-electron chi connectivity index (χ4n) is 6.63. The number of nitrogens with zero attached hydrogens (tertiary/aromatic N) is 6. The van der Waals surface area contributed by atoms with Crippen LogP contribution in [0.5, 0.6) is 5.75 Å². The summed E-state index contributed by atoms with van der Waals surface area (Å²) in [5, 5.41) is 55.4. The number of rotatable bonds is 48. The maximum absolute atomic E-state index is 9.51. The molecule has 0 radical (unpaired) electrons. The Kier molecular flexibility index (Phi) is 36.2. The average molecular weight is 1000 g/mol. The number of aliphatic hydroxyl groups excluding tert-OH is 6. The summed E-state index contributed by atoms with van der Waals surface area (Å²) < 4.78 is 63.4. The van der Waals surface area contributed by atoms with Gasteiger partial charge in [0.2, 0.25) is 17.8 Å². The summed E-state index contributed by atoms with van der Waals surface area (Å²) in [5.74, 6) is 1.48. The number of hydrogen-bond acceptors (Lipinski definition) is 23. The maximum Gasteiger partial charge on any atom is 0.232 e. The number of allylic oxidation sites excluding steroid dienone is 2. The molecule has 400 valence electrons. The van der Waals surface area contributed by atoms with Crippen LogP contribution in [0.15, 0.2) is 48.6 Å². The largest absolute Gasteiger partial charge is 0.491 e. The molecule has 2 unspecified atom stereocenters. The Morgan fingerprint density at radius 3 is 1.30 bits per heavy atom. The van der Waals surface area contributed by atoms with Crippen LogP contribution in [0.3, 0.4) is 0 Å². The van der Waals surface area contributed by atoms with Gasteiger partial charge in [0.1, 0.15) is 12.4 Å². The zero-order valence-electron chi connectivity index (χ0n) is 40.8. The van der Waals surface area contributed by atoms with E-state index in [0.717, 1.165) is 5.56 Å². The number of ether oxygens (including phenoxy) is 11. The van der Waals surface area contributed by atoms with Crippen molar-refractivity contribution in [2.24, 2.45) is 5.92 Å². The van der Waals surface area contributed by atoms with Gasteiger partial charge in [-0.25, -0.2) is 0 Å². The molecule has 1 heterocycles. The lowest BCUT2D eigenvalue weighted by Crippen LogP contribution is -2.40. The van der Waals surface area contributed by atoms with Crippen molar-refractivity contribution in [2.75, 3.05) is 219 Å². The standard InChI is InChI=1S/C47H80N6O17/c54-13-23-60-19-9-51(10-20-61-29-32-64-24-14-55)45-48-46(52(11-21-62-30-33-65-25-15-56)39-41-5-1-3-7-43(41)69-37-35-67-27-17-58)50-47(49-45)53(12-22-63-31-34-66-26-16-57)40-42-6-2-4-8-44(42)70-38-36-68-28-18-59/h1-8,41,43,54-59H,9-40H2. The van der Waals surface area contributed by atoms with E-state index >= 15 is 0 Å². The Morgan fingerprint density at radius 1 is 0.400 bits per heavy atom. The Bertz CT molecular complexity index is 1610. The van der Waals surface area contributed by atoms with Crippen molar-refractivity contribution in [3.8, 4) is 5.75 Å². The van der Waals surface area contributed by atoms with Gasteiger partial charge < -0.3 is 97.4 Å². The van der Waals surface area contributed by atoms with E-state index in [1.54, 1.807) is 0 Å². The molecule has 70 heavy (non-hydrogen) atoms. The second-order valence-electron chi connectivity index (χ2n) is 15.2. The highest BCUT2D eigenvalue weighted by Crippen LogP contribution is 2.27. The first kappa shape index (κ1) is 60.6. The molecule has 1 aliphatic rings. The van der Waals surface area contributed by atoms with Crippen molar-refractivity contribution < 1.29 is 82.7 Å². The van der Waals surface area contributed by atoms with E-state index in [0.29, 0.717) is 116 Å². The van der Waals surface area contributed by atoms with Crippen molar-refractivity contribution in [1.82, 2.24) is 15.0 Å². The first-order valence-corrected chi connectivity index (χ1v) is 24.1. The molecule has 0 spiro atoms. The molecule has 0 bridgehead atoms. The maximum atomic E-state index is 9.51. The smallest absolute Gasteiger partial charge is 0.232 e. The van der Waals surface area contributed by atoms with E-state index in [2.05, 4.69) is 6.08 Å².